The van der Waals surface area contributed by atoms with Crippen LogP contribution in [0.25, 0.3) is 5.76 Å². The summed E-state index contributed by atoms with van der Waals surface area (Å²) in [6.45, 7) is 3.82. The van der Waals surface area contributed by atoms with Crippen LogP contribution in [0.2, 0.25) is 0 Å². The van der Waals surface area contributed by atoms with Gasteiger partial charge in [-0.1, -0.05) is 48.9 Å². The van der Waals surface area contributed by atoms with Crippen molar-refractivity contribution in [1.29, 1.82) is 0 Å². The van der Waals surface area contributed by atoms with Crippen molar-refractivity contribution >= 4 is 59.6 Å². The minimum atomic E-state index is -4.57. The molecule has 0 amide bonds. The number of sulfonamides is 2. The van der Waals surface area contributed by atoms with E-state index < -0.39 is 59.3 Å². The average Bonchev–Trinajstić information content (AvgIpc) is 3.01. The second-order valence-corrected chi connectivity index (χ2v) is 16.8. The number of fused-ring (bicyclic) bond motifs is 2. The molecule has 0 fully saturated rings. The first-order valence-corrected chi connectivity index (χ1v) is 19.4. The Morgan fingerprint density at radius 1 is 1.00 bits per heavy atom. The van der Waals surface area contributed by atoms with Gasteiger partial charge in [-0.2, -0.15) is 4.72 Å². The third-order valence-corrected chi connectivity index (χ3v) is 11.3. The van der Waals surface area contributed by atoms with E-state index in [2.05, 4.69) is 19.2 Å². The SMILES string of the molecule is COc1ccc(OC)c(S(=O)(=O)NC2(CCC(C)C)C(=O)C(C3=NS(O)(O)c4cc(NS(C)(=O)=O)ccc4N3)=C(O)c3ccccc32)c1. The number of hydrogen-bond acceptors (Lipinski definition) is 12. The zero-order valence-corrected chi connectivity index (χ0v) is 29.1. The number of aliphatic hydroxyl groups excluding tert-OH is 1. The molecule has 2 aliphatic rings. The van der Waals surface area contributed by atoms with Gasteiger partial charge >= 0.3 is 0 Å². The normalized spacial score (nSPS) is 19.5. The molecule has 17 heteroatoms. The molecule has 0 aromatic heterocycles. The van der Waals surface area contributed by atoms with E-state index in [-0.39, 0.29) is 56.1 Å². The number of aliphatic hydroxyl groups is 1. The van der Waals surface area contributed by atoms with Gasteiger partial charge in [0.2, 0.25) is 20.0 Å². The highest BCUT2D eigenvalue weighted by atomic mass is 32.3. The number of hydrogen-bond donors (Lipinski definition) is 6. The maximum atomic E-state index is 14.9. The van der Waals surface area contributed by atoms with Gasteiger partial charge in [-0.05, 0) is 54.7 Å². The molecule has 14 nitrogen and oxygen atoms in total. The fourth-order valence-corrected chi connectivity index (χ4v) is 8.91. The van der Waals surface area contributed by atoms with Gasteiger partial charge in [0.15, 0.2) is 11.6 Å². The minimum Gasteiger partial charge on any atom is -0.506 e. The van der Waals surface area contributed by atoms with Crippen molar-refractivity contribution in [2.45, 2.75) is 42.0 Å². The predicted octanol–water partition coefficient (Wildman–Crippen LogP) is 5.09. The number of nitrogens with zero attached hydrogens (tertiary/aromatic N) is 1. The highest BCUT2D eigenvalue weighted by Crippen LogP contribution is 2.57. The van der Waals surface area contributed by atoms with Crippen molar-refractivity contribution in [3.63, 3.8) is 0 Å². The fraction of sp³-hybridized carbons (Fsp3) is 0.290. The van der Waals surface area contributed by atoms with Crippen LogP contribution >= 0.6 is 10.8 Å². The lowest BCUT2D eigenvalue weighted by molar-refractivity contribution is -0.121. The van der Waals surface area contributed by atoms with Crippen LogP contribution in [-0.2, 0) is 30.4 Å². The quantitative estimate of drug-likeness (QED) is 0.154. The Morgan fingerprint density at radius 3 is 2.35 bits per heavy atom. The molecule has 0 saturated carbocycles. The molecule has 48 heavy (non-hydrogen) atoms. The van der Waals surface area contributed by atoms with E-state index in [1.165, 1.54) is 56.7 Å². The summed E-state index contributed by atoms with van der Waals surface area (Å²) in [5.41, 5.74) is -2.08. The van der Waals surface area contributed by atoms with Gasteiger partial charge in [-0.3, -0.25) is 18.6 Å². The van der Waals surface area contributed by atoms with Crippen LogP contribution in [-0.4, -0.2) is 63.1 Å². The zero-order chi connectivity index (χ0) is 35.2. The van der Waals surface area contributed by atoms with E-state index in [9.17, 15) is 35.8 Å². The van der Waals surface area contributed by atoms with Crippen LogP contribution in [0.5, 0.6) is 11.5 Å². The topological polar surface area (TPSA) is 213 Å². The number of amidine groups is 1. The molecule has 1 heterocycles. The number of benzene rings is 3. The Labute approximate surface area is 280 Å². The van der Waals surface area contributed by atoms with Crippen molar-refractivity contribution in [1.82, 2.24) is 4.72 Å². The molecular formula is C31H36N4O10S3. The fourth-order valence-electron chi connectivity index (χ4n) is 5.61. The molecule has 1 unspecified atom stereocenters. The first kappa shape index (κ1) is 35.2. The highest BCUT2D eigenvalue weighted by molar-refractivity contribution is 8.23. The summed E-state index contributed by atoms with van der Waals surface area (Å²) in [5, 5.41) is 14.5. The first-order chi connectivity index (χ1) is 22.4. The Bertz CT molecular complexity index is 2080. The highest BCUT2D eigenvalue weighted by Gasteiger charge is 2.52. The van der Waals surface area contributed by atoms with Crippen molar-refractivity contribution in [3.05, 3.63) is 77.4 Å². The summed E-state index contributed by atoms with van der Waals surface area (Å²) in [4.78, 5) is 14.4. The molecule has 258 valence electrons. The van der Waals surface area contributed by atoms with Gasteiger partial charge in [-0.25, -0.2) is 16.8 Å². The molecule has 3 aromatic carbocycles. The van der Waals surface area contributed by atoms with E-state index >= 15 is 0 Å². The molecule has 6 N–H and O–H groups in total. The standard InChI is InChI=1S/C31H36N4O10S3/c1-18(2)14-15-31(35-48(42,43)26-17-20(44-3)11-13-24(26)45-4)22-9-7-6-8-21(22)28(36)27(29(31)37)30-32-23-12-10-19(33-46(5,38)39)16-25(23)47(40,41)34-30/h6-13,16-18,33,35-36,40-41H,14-15H2,1-5H3,(H,32,34). The summed E-state index contributed by atoms with van der Waals surface area (Å²) < 4.78 is 93.9. The number of anilines is 2. The molecule has 0 saturated heterocycles. The van der Waals surface area contributed by atoms with E-state index in [1.807, 2.05) is 13.8 Å². The molecule has 5 rings (SSSR count). The molecule has 0 bridgehead atoms. The lowest BCUT2D eigenvalue weighted by Gasteiger charge is -2.41. The number of methoxy groups -OCH3 is 2. The van der Waals surface area contributed by atoms with Crippen LogP contribution in [0.15, 0.2) is 80.4 Å². The van der Waals surface area contributed by atoms with Gasteiger partial charge in [-0.15, -0.1) is 4.40 Å². The number of ether oxygens (including phenoxy) is 2. The molecule has 3 aromatic rings. The van der Waals surface area contributed by atoms with E-state index in [4.69, 9.17) is 9.47 Å². The summed E-state index contributed by atoms with van der Waals surface area (Å²) in [6.07, 6.45) is 1.24. The summed E-state index contributed by atoms with van der Waals surface area (Å²) in [6, 6.07) is 14.4. The van der Waals surface area contributed by atoms with Crippen molar-refractivity contribution in [2.75, 3.05) is 30.5 Å². The van der Waals surface area contributed by atoms with Crippen LogP contribution < -0.4 is 24.2 Å². The van der Waals surface area contributed by atoms with Gasteiger partial charge in [0.25, 0.3) is 0 Å². The van der Waals surface area contributed by atoms with Crippen molar-refractivity contribution in [2.24, 2.45) is 10.3 Å². The monoisotopic (exact) mass is 720 g/mol. The minimum absolute atomic E-state index is 0.00827. The first-order valence-electron chi connectivity index (χ1n) is 14.5. The molecule has 1 aliphatic heterocycles. The lowest BCUT2D eigenvalue weighted by Crippen LogP contribution is -2.55. The van der Waals surface area contributed by atoms with Gasteiger partial charge < -0.3 is 19.9 Å². The van der Waals surface area contributed by atoms with Gasteiger partial charge in [0.05, 0.1) is 31.9 Å². The second kappa shape index (κ2) is 12.7. The summed E-state index contributed by atoms with van der Waals surface area (Å²) in [7, 11) is -9.66. The van der Waals surface area contributed by atoms with Crippen LogP contribution in [0, 0.1) is 5.92 Å². The molecule has 1 aliphatic carbocycles. The third-order valence-electron chi connectivity index (χ3n) is 7.85. The maximum Gasteiger partial charge on any atom is 0.245 e. The molecule has 0 radical (unpaired) electrons. The van der Waals surface area contributed by atoms with Gasteiger partial charge in [0.1, 0.15) is 38.2 Å². The van der Waals surface area contributed by atoms with E-state index in [1.54, 1.807) is 18.2 Å². The summed E-state index contributed by atoms with van der Waals surface area (Å²) >= 11 is 0. The number of carbonyl (C=O) groups excluding carboxylic acids is 1. The largest absolute Gasteiger partial charge is 0.506 e. The lowest BCUT2D eigenvalue weighted by atomic mass is 9.72. The Kier molecular flexibility index (Phi) is 9.32. The number of Topliss-reactive ketones (excluding diaryl/α,β-unsaturated/α-hetero) is 1. The van der Waals surface area contributed by atoms with Crippen LogP contribution in [0.3, 0.4) is 0 Å². The Morgan fingerprint density at radius 2 is 1.71 bits per heavy atom. The summed E-state index contributed by atoms with van der Waals surface area (Å²) in [5.74, 6) is -1.65. The Hall–Kier alpha value is -4.13. The van der Waals surface area contributed by atoms with Crippen LogP contribution in [0.4, 0.5) is 11.4 Å². The Balaban J connectivity index is 1.70. The smallest absolute Gasteiger partial charge is 0.245 e. The predicted molar refractivity (Wildman–Crippen MR) is 184 cm³/mol. The molecule has 1 atom stereocenters. The number of nitrogens with one attached hydrogen (secondary N) is 3. The number of ketones is 1. The van der Waals surface area contributed by atoms with E-state index in [0.717, 1.165) is 6.26 Å². The third kappa shape index (κ3) is 6.61. The van der Waals surface area contributed by atoms with Crippen LogP contribution in [0.1, 0.15) is 37.8 Å². The molecule has 0 spiro atoms. The average molecular weight is 721 g/mol. The van der Waals surface area contributed by atoms with E-state index in [0.29, 0.717) is 6.42 Å². The number of carbonyl (C=O) groups is 1. The molecular weight excluding hydrogens is 685 g/mol. The van der Waals surface area contributed by atoms with Gasteiger partial charge in [0, 0.05) is 11.6 Å². The van der Waals surface area contributed by atoms with Crippen molar-refractivity contribution < 1.29 is 45.3 Å². The second-order valence-electron chi connectivity index (χ2n) is 11.7. The van der Waals surface area contributed by atoms with Crippen molar-refractivity contribution in [3.8, 4) is 11.5 Å². The maximum absolute atomic E-state index is 14.9. The zero-order valence-electron chi connectivity index (χ0n) is 26.6. The number of rotatable bonds is 11.